The molecule has 0 atom stereocenters. The minimum Gasteiger partial charge on any atom is -0.353 e. The van der Waals surface area contributed by atoms with E-state index in [0.29, 0.717) is 55.0 Å². The normalized spacial score (nSPS) is 11.2. The summed E-state index contributed by atoms with van der Waals surface area (Å²) in [6, 6.07) is 31.0. The lowest BCUT2D eigenvalue weighted by Gasteiger charge is -2.14. The van der Waals surface area contributed by atoms with E-state index in [9.17, 15) is 19.2 Å². The Bertz CT molecular complexity index is 2190. The van der Waals surface area contributed by atoms with Gasteiger partial charge in [-0.1, -0.05) is 48.5 Å². The maximum atomic E-state index is 13.6. The quantitative estimate of drug-likeness (QED) is 0.195. The highest BCUT2D eigenvalue weighted by Gasteiger charge is 2.20. The Labute approximate surface area is 237 Å². The summed E-state index contributed by atoms with van der Waals surface area (Å²) in [5, 5.41) is 7.73. The smallest absolute Gasteiger partial charge is 0.256 e. The Morgan fingerprint density at radius 1 is 0.452 bits per heavy atom. The number of aromatic nitrogens is 2. The van der Waals surface area contributed by atoms with Crippen LogP contribution in [0.1, 0.15) is 20.7 Å². The van der Waals surface area contributed by atoms with E-state index in [0.717, 1.165) is 0 Å². The van der Waals surface area contributed by atoms with E-state index in [1.165, 1.54) is 0 Å². The molecule has 8 nitrogen and oxygen atoms in total. The molecule has 0 fully saturated rings. The number of para-hydroxylation sites is 4. The van der Waals surface area contributed by atoms with Crippen molar-refractivity contribution in [3.05, 3.63) is 141 Å². The van der Waals surface area contributed by atoms with Crippen molar-refractivity contribution >= 4 is 66.8 Å². The van der Waals surface area contributed by atoms with Gasteiger partial charge in [0.1, 0.15) is 0 Å². The number of H-pyrrole nitrogens is 2. The van der Waals surface area contributed by atoms with Crippen molar-refractivity contribution < 1.29 is 9.59 Å². The van der Waals surface area contributed by atoms with Gasteiger partial charge in [-0.3, -0.25) is 19.2 Å². The molecule has 0 unspecified atom stereocenters. The largest absolute Gasteiger partial charge is 0.353 e. The van der Waals surface area contributed by atoms with Crippen molar-refractivity contribution in [2.45, 2.75) is 0 Å². The van der Waals surface area contributed by atoms with Gasteiger partial charge in [0.15, 0.2) is 10.9 Å². The summed E-state index contributed by atoms with van der Waals surface area (Å²) in [5.74, 6) is -1.03. The first-order chi connectivity index (χ1) is 20.5. The molecule has 0 aliphatic rings. The molecule has 202 valence electrons. The first-order valence-electron chi connectivity index (χ1n) is 13.3. The monoisotopic (exact) mass is 550 g/mol. The number of pyridine rings is 2. The second-order valence-electron chi connectivity index (χ2n) is 9.91. The second-order valence-corrected chi connectivity index (χ2v) is 9.91. The molecule has 2 aromatic heterocycles. The molecule has 0 radical (unpaired) electrons. The fraction of sp³-hybridized carbons (Fsp3) is 0. The molecule has 5 aromatic carbocycles. The average Bonchev–Trinajstić information content (AvgIpc) is 3.02. The van der Waals surface area contributed by atoms with Gasteiger partial charge in [0.05, 0.1) is 33.5 Å². The minimum absolute atomic E-state index is 0.142. The zero-order valence-corrected chi connectivity index (χ0v) is 22.0. The van der Waals surface area contributed by atoms with E-state index in [2.05, 4.69) is 20.6 Å². The van der Waals surface area contributed by atoms with Crippen LogP contribution < -0.4 is 21.5 Å². The van der Waals surface area contributed by atoms with E-state index in [-0.39, 0.29) is 22.0 Å². The summed E-state index contributed by atoms with van der Waals surface area (Å²) in [7, 11) is 0. The molecular weight excluding hydrogens is 528 g/mol. The molecular formula is C34H22N4O4. The first-order valence-corrected chi connectivity index (χ1v) is 13.3. The van der Waals surface area contributed by atoms with Crippen LogP contribution in [0, 0.1) is 0 Å². The molecule has 7 rings (SSSR count). The Morgan fingerprint density at radius 2 is 0.833 bits per heavy atom. The molecule has 42 heavy (non-hydrogen) atoms. The predicted molar refractivity (Wildman–Crippen MR) is 166 cm³/mol. The number of nitrogens with one attached hydrogen (secondary N) is 4. The number of fused-ring (bicyclic) bond motifs is 4. The molecule has 0 bridgehead atoms. The van der Waals surface area contributed by atoms with E-state index in [1.807, 2.05) is 12.1 Å². The molecule has 2 heterocycles. The van der Waals surface area contributed by atoms with Gasteiger partial charge in [-0.05, 0) is 60.7 Å². The molecule has 0 aliphatic heterocycles. The minimum atomic E-state index is -0.514. The molecule has 0 aliphatic carbocycles. The van der Waals surface area contributed by atoms with Crippen LogP contribution in [-0.2, 0) is 0 Å². The number of benzene rings is 5. The predicted octanol–water partition coefficient (Wildman–Crippen LogP) is 6.18. The number of aromatic amines is 2. The number of hydrogen-bond acceptors (Lipinski definition) is 4. The molecule has 0 spiro atoms. The topological polar surface area (TPSA) is 124 Å². The number of rotatable bonds is 4. The van der Waals surface area contributed by atoms with Gasteiger partial charge in [0.25, 0.3) is 11.8 Å². The van der Waals surface area contributed by atoms with Gasteiger partial charge in [0.2, 0.25) is 0 Å². The van der Waals surface area contributed by atoms with Crippen molar-refractivity contribution in [1.29, 1.82) is 0 Å². The summed E-state index contributed by atoms with van der Waals surface area (Å²) < 4.78 is 0. The summed E-state index contributed by atoms with van der Waals surface area (Å²) >= 11 is 0. The maximum absolute atomic E-state index is 13.6. The average molecular weight is 551 g/mol. The summed E-state index contributed by atoms with van der Waals surface area (Å²) in [4.78, 5) is 59.8. The van der Waals surface area contributed by atoms with Crippen LogP contribution in [0.25, 0.3) is 43.6 Å². The van der Waals surface area contributed by atoms with E-state index >= 15 is 0 Å². The third-order valence-corrected chi connectivity index (χ3v) is 7.39. The van der Waals surface area contributed by atoms with Crippen LogP contribution in [0.4, 0.5) is 11.4 Å². The Morgan fingerprint density at radius 3 is 1.29 bits per heavy atom. The Kier molecular flexibility index (Phi) is 5.87. The van der Waals surface area contributed by atoms with Crippen LogP contribution in [-0.4, -0.2) is 21.8 Å². The van der Waals surface area contributed by atoms with Crippen molar-refractivity contribution in [2.75, 3.05) is 10.6 Å². The molecule has 8 heteroatoms. The lowest BCUT2D eigenvalue weighted by atomic mass is 10.0. The molecule has 2 amide bonds. The molecule has 4 N–H and O–H groups in total. The fourth-order valence-corrected chi connectivity index (χ4v) is 5.36. The van der Waals surface area contributed by atoms with Crippen molar-refractivity contribution in [3.8, 4) is 0 Å². The molecule has 7 aromatic rings. The lowest BCUT2D eigenvalue weighted by molar-refractivity contribution is 0.0990. The zero-order valence-electron chi connectivity index (χ0n) is 22.0. The van der Waals surface area contributed by atoms with Gasteiger partial charge in [-0.25, -0.2) is 0 Å². The highest BCUT2D eigenvalue weighted by atomic mass is 16.2. The second kappa shape index (κ2) is 9.87. The van der Waals surface area contributed by atoms with Crippen LogP contribution >= 0.6 is 0 Å². The van der Waals surface area contributed by atoms with Crippen molar-refractivity contribution in [1.82, 2.24) is 9.97 Å². The SMILES string of the molecule is O=C(Nc1cccc2c(=O)c3ccccc3[nH]c12)c1ccccc1C(=O)Nc1cccc2c(=O)c3ccccc3[nH]c12. The summed E-state index contributed by atoms with van der Waals surface area (Å²) in [6.07, 6.45) is 0. The van der Waals surface area contributed by atoms with Gasteiger partial charge in [0, 0.05) is 32.6 Å². The fourth-order valence-electron chi connectivity index (χ4n) is 5.36. The number of hydrogen-bond donors (Lipinski definition) is 4. The van der Waals surface area contributed by atoms with E-state index < -0.39 is 11.8 Å². The van der Waals surface area contributed by atoms with Crippen LogP contribution in [0.5, 0.6) is 0 Å². The van der Waals surface area contributed by atoms with Crippen LogP contribution in [0.2, 0.25) is 0 Å². The van der Waals surface area contributed by atoms with Crippen molar-refractivity contribution in [2.24, 2.45) is 0 Å². The highest BCUT2D eigenvalue weighted by molar-refractivity contribution is 6.18. The number of amides is 2. The number of carbonyl (C=O) groups excluding carboxylic acids is 2. The maximum Gasteiger partial charge on any atom is 0.256 e. The summed E-state index contributed by atoms with van der Waals surface area (Å²) in [6.45, 7) is 0. The highest BCUT2D eigenvalue weighted by Crippen LogP contribution is 2.25. The third-order valence-electron chi connectivity index (χ3n) is 7.39. The van der Waals surface area contributed by atoms with Crippen LogP contribution in [0.3, 0.4) is 0 Å². The zero-order chi connectivity index (χ0) is 28.8. The lowest BCUT2D eigenvalue weighted by Crippen LogP contribution is -2.21. The van der Waals surface area contributed by atoms with E-state index in [4.69, 9.17) is 0 Å². The van der Waals surface area contributed by atoms with Gasteiger partial charge in [-0.2, -0.15) is 0 Å². The van der Waals surface area contributed by atoms with Gasteiger partial charge in [-0.15, -0.1) is 0 Å². The third kappa shape index (κ3) is 4.10. The van der Waals surface area contributed by atoms with Crippen molar-refractivity contribution in [3.63, 3.8) is 0 Å². The summed E-state index contributed by atoms with van der Waals surface area (Å²) in [5.41, 5.74) is 3.11. The van der Waals surface area contributed by atoms with E-state index in [1.54, 1.807) is 97.1 Å². The standard InChI is InChI=1S/C34H22N4O4/c39-31-21-11-3-5-15-25(21)35-29-23(31)13-7-17-27(29)37-33(41)19-9-1-2-10-20(19)34(42)38-28-18-8-14-24-30(28)36-26-16-6-4-12-22(26)32(24)40/h1-18H,(H,35,39)(H,36,40)(H,37,41)(H,38,42). The molecule has 0 saturated carbocycles. The number of anilines is 2. The molecule has 0 saturated heterocycles. The first kappa shape index (κ1) is 25.0. The van der Waals surface area contributed by atoms with Gasteiger partial charge < -0.3 is 20.6 Å². The van der Waals surface area contributed by atoms with Crippen LogP contribution in [0.15, 0.2) is 119 Å². The Balaban J connectivity index is 1.24. The number of carbonyl (C=O) groups is 2. The van der Waals surface area contributed by atoms with Gasteiger partial charge >= 0.3 is 0 Å². The Hall–Kier alpha value is -6.02.